The van der Waals surface area contributed by atoms with Gasteiger partial charge in [-0.1, -0.05) is 0 Å². The summed E-state index contributed by atoms with van der Waals surface area (Å²) in [5.41, 5.74) is 4.45. The van der Waals surface area contributed by atoms with Crippen LogP contribution in [0.25, 0.3) is 0 Å². The summed E-state index contributed by atoms with van der Waals surface area (Å²) in [7, 11) is 0. The second-order valence-electron chi connectivity index (χ2n) is 6.83. The zero-order valence-electron chi connectivity index (χ0n) is 15.6. The molecule has 0 atom stereocenters. The predicted molar refractivity (Wildman–Crippen MR) is 111 cm³/mol. The molecule has 1 saturated heterocycles. The van der Waals surface area contributed by atoms with Gasteiger partial charge in [0.15, 0.2) is 0 Å². The number of anilines is 3. The fraction of sp³-hybridized carbons (Fsp3) is 0.227. The minimum absolute atomic E-state index is 0.204. The minimum atomic E-state index is -0.204. The van der Waals surface area contributed by atoms with Crippen molar-refractivity contribution in [2.45, 2.75) is 19.4 Å². The van der Waals surface area contributed by atoms with Crippen molar-refractivity contribution in [2.24, 2.45) is 0 Å². The highest BCUT2D eigenvalue weighted by atomic mass is 16.1. The third-order valence-electron chi connectivity index (χ3n) is 4.82. The first-order chi connectivity index (χ1) is 13.8. The molecule has 4 rings (SSSR count). The van der Waals surface area contributed by atoms with Crippen LogP contribution in [0.2, 0.25) is 0 Å². The highest BCUT2D eigenvalue weighted by molar-refractivity contribution is 5.93. The third kappa shape index (κ3) is 4.46. The molecule has 0 unspecified atom stereocenters. The number of pyridine rings is 2. The van der Waals surface area contributed by atoms with Crippen LogP contribution in [0.1, 0.15) is 28.9 Å². The third-order valence-corrected chi connectivity index (χ3v) is 4.82. The van der Waals surface area contributed by atoms with Crippen molar-refractivity contribution in [1.29, 1.82) is 0 Å². The van der Waals surface area contributed by atoms with Gasteiger partial charge in [0.2, 0.25) is 0 Å². The SMILES string of the molecule is O=C(NCc1ccncc1)c1cc(Nc2ccc(N3CCCC3)cc2)ccn1. The largest absolute Gasteiger partial charge is 0.372 e. The van der Waals surface area contributed by atoms with Crippen molar-refractivity contribution in [3.63, 3.8) is 0 Å². The van der Waals surface area contributed by atoms with Crippen molar-refractivity contribution in [3.8, 4) is 0 Å². The van der Waals surface area contributed by atoms with Crippen LogP contribution in [0, 0.1) is 0 Å². The number of hydrogen-bond donors (Lipinski definition) is 2. The van der Waals surface area contributed by atoms with E-state index in [2.05, 4.69) is 49.8 Å². The summed E-state index contributed by atoms with van der Waals surface area (Å²) >= 11 is 0. The van der Waals surface area contributed by atoms with Gasteiger partial charge in [0.05, 0.1) is 0 Å². The van der Waals surface area contributed by atoms with Gasteiger partial charge in [-0.2, -0.15) is 0 Å². The zero-order valence-corrected chi connectivity index (χ0v) is 15.6. The van der Waals surface area contributed by atoms with E-state index in [9.17, 15) is 4.79 Å². The van der Waals surface area contributed by atoms with Crippen LogP contribution in [0.15, 0.2) is 67.1 Å². The molecular formula is C22H23N5O. The van der Waals surface area contributed by atoms with Crippen LogP contribution in [0.4, 0.5) is 17.1 Å². The van der Waals surface area contributed by atoms with Crippen LogP contribution in [0.3, 0.4) is 0 Å². The summed E-state index contributed by atoms with van der Waals surface area (Å²) in [6.45, 7) is 2.71. The van der Waals surface area contributed by atoms with Gasteiger partial charge >= 0.3 is 0 Å². The van der Waals surface area contributed by atoms with Crippen molar-refractivity contribution >= 4 is 23.0 Å². The molecule has 28 heavy (non-hydrogen) atoms. The average molecular weight is 373 g/mol. The van der Waals surface area contributed by atoms with Gasteiger partial charge in [-0.15, -0.1) is 0 Å². The lowest BCUT2D eigenvalue weighted by atomic mass is 10.2. The molecule has 0 spiro atoms. The molecule has 0 aliphatic carbocycles. The summed E-state index contributed by atoms with van der Waals surface area (Å²) in [6.07, 6.45) is 7.59. The summed E-state index contributed by atoms with van der Waals surface area (Å²) < 4.78 is 0. The van der Waals surface area contributed by atoms with Gasteiger partial charge in [0, 0.05) is 55.3 Å². The smallest absolute Gasteiger partial charge is 0.270 e. The number of hydrogen-bond acceptors (Lipinski definition) is 5. The summed E-state index contributed by atoms with van der Waals surface area (Å²) in [5.74, 6) is -0.204. The van der Waals surface area contributed by atoms with Crippen molar-refractivity contribution in [3.05, 3.63) is 78.4 Å². The standard InChI is InChI=1S/C22H23N5O/c28-22(25-16-17-7-10-23-11-8-17)21-15-19(9-12-24-21)26-18-3-5-20(6-4-18)27-13-1-2-14-27/h3-12,15H,1-2,13-14,16H2,(H,24,26)(H,25,28). The van der Waals surface area contributed by atoms with E-state index in [0.717, 1.165) is 30.0 Å². The lowest BCUT2D eigenvalue weighted by Gasteiger charge is -2.18. The second kappa shape index (κ2) is 8.52. The Kier molecular flexibility index (Phi) is 5.47. The molecule has 142 valence electrons. The Morgan fingerprint density at radius 1 is 0.929 bits per heavy atom. The van der Waals surface area contributed by atoms with Crippen LogP contribution < -0.4 is 15.5 Å². The van der Waals surface area contributed by atoms with Crippen LogP contribution in [0.5, 0.6) is 0 Å². The molecule has 0 saturated carbocycles. The number of nitrogens with one attached hydrogen (secondary N) is 2. The maximum Gasteiger partial charge on any atom is 0.270 e. The number of benzene rings is 1. The zero-order chi connectivity index (χ0) is 19.2. The van der Waals surface area contributed by atoms with Gasteiger partial charge in [-0.05, 0) is 66.9 Å². The highest BCUT2D eigenvalue weighted by Crippen LogP contribution is 2.24. The second-order valence-corrected chi connectivity index (χ2v) is 6.83. The Morgan fingerprint density at radius 2 is 1.68 bits per heavy atom. The lowest BCUT2D eigenvalue weighted by molar-refractivity contribution is 0.0946. The molecule has 0 bridgehead atoms. The Bertz CT molecular complexity index is 921. The molecule has 1 aliphatic heterocycles. The minimum Gasteiger partial charge on any atom is -0.372 e. The van der Waals surface area contributed by atoms with E-state index >= 15 is 0 Å². The number of carbonyl (C=O) groups is 1. The van der Waals surface area contributed by atoms with E-state index < -0.39 is 0 Å². The van der Waals surface area contributed by atoms with E-state index in [1.54, 1.807) is 24.7 Å². The number of nitrogens with zero attached hydrogens (tertiary/aromatic N) is 3. The summed E-state index contributed by atoms with van der Waals surface area (Å²) in [4.78, 5) is 23.0. The average Bonchev–Trinajstić information content (AvgIpc) is 3.28. The molecule has 2 aromatic heterocycles. The van der Waals surface area contributed by atoms with E-state index in [-0.39, 0.29) is 5.91 Å². The van der Waals surface area contributed by atoms with E-state index in [1.165, 1.54) is 18.5 Å². The first kappa shape index (κ1) is 18.0. The molecule has 3 heterocycles. The van der Waals surface area contributed by atoms with Gasteiger partial charge in [0.1, 0.15) is 5.69 Å². The van der Waals surface area contributed by atoms with E-state index in [1.807, 2.05) is 18.2 Å². The number of aromatic nitrogens is 2. The van der Waals surface area contributed by atoms with Gasteiger partial charge < -0.3 is 15.5 Å². The molecule has 1 aliphatic rings. The Balaban J connectivity index is 1.38. The molecule has 0 radical (unpaired) electrons. The van der Waals surface area contributed by atoms with Gasteiger partial charge in [-0.25, -0.2) is 0 Å². The molecule has 1 aromatic carbocycles. The Labute approximate surface area is 164 Å². The molecule has 6 nitrogen and oxygen atoms in total. The van der Waals surface area contributed by atoms with Crippen molar-refractivity contribution in [1.82, 2.24) is 15.3 Å². The van der Waals surface area contributed by atoms with Gasteiger partial charge in [-0.3, -0.25) is 14.8 Å². The molecule has 6 heteroatoms. The fourth-order valence-electron chi connectivity index (χ4n) is 3.30. The van der Waals surface area contributed by atoms with E-state index in [0.29, 0.717) is 12.2 Å². The molecule has 1 amide bonds. The lowest BCUT2D eigenvalue weighted by Crippen LogP contribution is -2.23. The number of rotatable bonds is 6. The topological polar surface area (TPSA) is 70.2 Å². The quantitative estimate of drug-likeness (QED) is 0.689. The summed E-state index contributed by atoms with van der Waals surface area (Å²) in [5, 5.41) is 6.23. The first-order valence-electron chi connectivity index (χ1n) is 9.53. The van der Waals surface area contributed by atoms with Crippen LogP contribution >= 0.6 is 0 Å². The summed E-state index contributed by atoms with van der Waals surface area (Å²) in [6, 6.07) is 15.8. The van der Waals surface area contributed by atoms with Crippen LogP contribution in [-0.2, 0) is 6.54 Å². The number of carbonyl (C=O) groups excluding carboxylic acids is 1. The van der Waals surface area contributed by atoms with Crippen LogP contribution in [-0.4, -0.2) is 29.0 Å². The highest BCUT2D eigenvalue weighted by Gasteiger charge is 2.12. The Hall–Kier alpha value is -3.41. The monoisotopic (exact) mass is 373 g/mol. The van der Waals surface area contributed by atoms with Crippen molar-refractivity contribution in [2.75, 3.05) is 23.3 Å². The molecule has 2 N–H and O–H groups in total. The number of amides is 1. The molecule has 3 aromatic rings. The normalized spacial score (nSPS) is 13.4. The van der Waals surface area contributed by atoms with Crippen molar-refractivity contribution < 1.29 is 4.79 Å². The first-order valence-corrected chi connectivity index (χ1v) is 9.53. The van der Waals surface area contributed by atoms with Gasteiger partial charge in [0.25, 0.3) is 5.91 Å². The van der Waals surface area contributed by atoms with E-state index in [4.69, 9.17) is 0 Å². The maximum atomic E-state index is 12.4. The maximum absolute atomic E-state index is 12.4. The Morgan fingerprint density at radius 3 is 2.43 bits per heavy atom. The fourth-order valence-corrected chi connectivity index (χ4v) is 3.30. The predicted octanol–water partition coefficient (Wildman–Crippen LogP) is 3.75. The molecule has 1 fully saturated rings. The molecular weight excluding hydrogens is 350 g/mol.